The zero-order valence-corrected chi connectivity index (χ0v) is 16.9. The molecule has 8 heteroatoms. The minimum atomic E-state index is -4.87. The van der Waals surface area contributed by atoms with Crippen LogP contribution in [0.25, 0.3) is 0 Å². The maximum atomic E-state index is 13.8. The molecule has 1 N–H and O–H groups in total. The topological polar surface area (TPSA) is 46.2 Å². The second-order valence-electron chi connectivity index (χ2n) is 7.31. The molecular formula is C24H18F5NO2. The van der Waals surface area contributed by atoms with E-state index in [9.17, 15) is 31.5 Å². The maximum absolute atomic E-state index is 13.8. The van der Waals surface area contributed by atoms with Gasteiger partial charge in [-0.3, -0.25) is 9.59 Å². The Balaban J connectivity index is 1.83. The Labute approximate surface area is 180 Å². The van der Waals surface area contributed by atoms with Gasteiger partial charge in [-0.05, 0) is 42.3 Å². The van der Waals surface area contributed by atoms with Gasteiger partial charge in [-0.15, -0.1) is 0 Å². The lowest BCUT2D eigenvalue weighted by Gasteiger charge is -2.16. The molecule has 32 heavy (non-hydrogen) atoms. The van der Waals surface area contributed by atoms with E-state index in [1.54, 1.807) is 12.1 Å². The molecule has 0 heterocycles. The van der Waals surface area contributed by atoms with E-state index >= 15 is 0 Å². The molecule has 0 saturated heterocycles. The number of hydrogen-bond donors (Lipinski definition) is 1. The van der Waals surface area contributed by atoms with Gasteiger partial charge in [0.15, 0.2) is 0 Å². The average Bonchev–Trinajstić information content (AvgIpc) is 2.68. The van der Waals surface area contributed by atoms with Crippen molar-refractivity contribution in [3.8, 4) is 0 Å². The number of ketones is 1. The number of hydrogen-bond acceptors (Lipinski definition) is 2. The first kappa shape index (κ1) is 23.1. The summed E-state index contributed by atoms with van der Waals surface area (Å²) in [6.07, 6.45) is -5.05. The second-order valence-corrected chi connectivity index (χ2v) is 7.31. The Kier molecular flexibility index (Phi) is 6.72. The summed E-state index contributed by atoms with van der Waals surface area (Å²) < 4.78 is 68.3. The number of rotatable bonds is 6. The Morgan fingerprint density at radius 1 is 0.844 bits per heavy atom. The van der Waals surface area contributed by atoms with E-state index in [0.717, 1.165) is 41.5 Å². The Morgan fingerprint density at radius 2 is 1.44 bits per heavy atom. The summed E-state index contributed by atoms with van der Waals surface area (Å²) >= 11 is 0. The monoisotopic (exact) mass is 447 g/mol. The summed E-state index contributed by atoms with van der Waals surface area (Å²) in [5, 5.41) is 1.92. The van der Waals surface area contributed by atoms with Gasteiger partial charge in [-0.25, -0.2) is 8.78 Å². The molecule has 0 atom stereocenters. The van der Waals surface area contributed by atoms with Crippen molar-refractivity contribution in [2.45, 2.75) is 25.9 Å². The Bertz CT molecular complexity index is 1150. The summed E-state index contributed by atoms with van der Waals surface area (Å²) in [7, 11) is 0. The van der Waals surface area contributed by atoms with Gasteiger partial charge in [0.05, 0.1) is 11.3 Å². The molecule has 0 aromatic heterocycles. The summed E-state index contributed by atoms with van der Waals surface area (Å²) in [6, 6.07) is 12.9. The van der Waals surface area contributed by atoms with Crippen LogP contribution in [0.5, 0.6) is 0 Å². The smallest absolute Gasteiger partial charge is 0.321 e. The Hall–Kier alpha value is -3.55. The lowest BCUT2D eigenvalue weighted by molar-refractivity contribution is -0.137. The van der Waals surface area contributed by atoms with E-state index in [2.05, 4.69) is 0 Å². The molecule has 3 aromatic rings. The number of Topliss-reactive ketones (excluding diaryl/α,β-unsaturated/α-hetero) is 1. The summed E-state index contributed by atoms with van der Waals surface area (Å²) in [5.74, 6) is -4.04. The zero-order valence-electron chi connectivity index (χ0n) is 16.9. The molecule has 0 fully saturated rings. The van der Waals surface area contributed by atoms with Crippen LogP contribution in [-0.4, -0.2) is 11.7 Å². The number of benzene rings is 3. The lowest BCUT2D eigenvalue weighted by atomic mass is 9.99. The fraction of sp³-hybridized carbons (Fsp3) is 0.167. The van der Waals surface area contributed by atoms with Crippen LogP contribution in [0.15, 0.2) is 60.7 Å². The van der Waals surface area contributed by atoms with E-state index < -0.39 is 40.5 Å². The van der Waals surface area contributed by atoms with Crippen LogP contribution < -0.4 is 5.32 Å². The van der Waals surface area contributed by atoms with Crippen LogP contribution in [-0.2, 0) is 23.8 Å². The highest BCUT2D eigenvalue weighted by Gasteiger charge is 2.34. The number of alkyl halides is 3. The Morgan fingerprint density at radius 3 is 2.03 bits per heavy atom. The van der Waals surface area contributed by atoms with Gasteiger partial charge in [0, 0.05) is 12.8 Å². The van der Waals surface area contributed by atoms with Crippen molar-refractivity contribution < 1.29 is 31.5 Å². The number of nitrogens with one attached hydrogen (secondary N) is 1. The van der Waals surface area contributed by atoms with Crippen molar-refractivity contribution in [3.63, 3.8) is 0 Å². The molecule has 3 aromatic carbocycles. The summed E-state index contributed by atoms with van der Waals surface area (Å²) in [4.78, 5) is 24.6. The number of amides is 1. The normalized spacial score (nSPS) is 11.3. The van der Waals surface area contributed by atoms with Crippen molar-refractivity contribution in [2.24, 2.45) is 0 Å². The molecule has 3 rings (SSSR count). The van der Waals surface area contributed by atoms with Gasteiger partial charge in [0.2, 0.25) is 0 Å². The first-order chi connectivity index (χ1) is 15.0. The predicted molar refractivity (Wildman–Crippen MR) is 109 cm³/mol. The van der Waals surface area contributed by atoms with Gasteiger partial charge in [-0.1, -0.05) is 42.0 Å². The van der Waals surface area contributed by atoms with Crippen molar-refractivity contribution in [3.05, 3.63) is 100 Å². The van der Waals surface area contributed by atoms with Gasteiger partial charge < -0.3 is 5.32 Å². The number of carbonyl (C=O) groups excluding carboxylic acids is 2. The molecule has 3 nitrogen and oxygen atoms in total. The number of anilines is 1. The first-order valence-corrected chi connectivity index (χ1v) is 9.57. The van der Waals surface area contributed by atoms with Gasteiger partial charge in [0.25, 0.3) is 5.91 Å². The summed E-state index contributed by atoms with van der Waals surface area (Å²) in [5.41, 5.74) is -1.06. The number of aryl methyl sites for hydroxylation is 1. The third kappa shape index (κ3) is 5.57. The summed E-state index contributed by atoms with van der Waals surface area (Å²) in [6.45, 7) is 1.86. The SMILES string of the molecule is Cc1cccc(CC(=O)Cc2ccc(NC(=O)c3c(F)cccc3F)c(C(F)(F)F)c2)c1. The molecule has 1 amide bonds. The third-order valence-electron chi connectivity index (χ3n) is 4.71. The van der Waals surface area contributed by atoms with Crippen molar-refractivity contribution >= 4 is 17.4 Å². The minimum Gasteiger partial charge on any atom is -0.321 e. The van der Waals surface area contributed by atoms with Crippen LogP contribution >= 0.6 is 0 Å². The molecular weight excluding hydrogens is 429 g/mol. The minimum absolute atomic E-state index is 0.0636. The van der Waals surface area contributed by atoms with Crippen LogP contribution in [0.4, 0.5) is 27.6 Å². The van der Waals surface area contributed by atoms with Crippen LogP contribution in [0.2, 0.25) is 0 Å². The molecule has 0 saturated carbocycles. The van der Waals surface area contributed by atoms with E-state index in [0.29, 0.717) is 0 Å². The maximum Gasteiger partial charge on any atom is 0.418 e. The zero-order chi connectivity index (χ0) is 23.5. The van der Waals surface area contributed by atoms with E-state index in [4.69, 9.17) is 0 Å². The van der Waals surface area contributed by atoms with Crippen molar-refractivity contribution in [2.75, 3.05) is 5.32 Å². The van der Waals surface area contributed by atoms with Crippen LogP contribution in [0, 0.1) is 18.6 Å². The predicted octanol–water partition coefficient (Wildman–Crippen LogP) is 5.90. The van der Waals surface area contributed by atoms with Gasteiger partial charge in [0.1, 0.15) is 23.0 Å². The highest BCUT2D eigenvalue weighted by Crippen LogP contribution is 2.36. The second kappa shape index (κ2) is 9.30. The lowest BCUT2D eigenvalue weighted by Crippen LogP contribution is -2.19. The molecule has 0 spiro atoms. The average molecular weight is 447 g/mol. The molecule has 0 unspecified atom stereocenters. The quantitative estimate of drug-likeness (QED) is 0.479. The van der Waals surface area contributed by atoms with Gasteiger partial charge >= 0.3 is 6.18 Å². The number of halogens is 5. The highest BCUT2D eigenvalue weighted by molar-refractivity contribution is 6.05. The highest BCUT2D eigenvalue weighted by atomic mass is 19.4. The van der Waals surface area contributed by atoms with Crippen molar-refractivity contribution in [1.82, 2.24) is 0 Å². The fourth-order valence-corrected chi connectivity index (χ4v) is 3.28. The standard InChI is InChI=1S/C24H18F5NO2/c1-14-4-2-5-15(10-14)11-17(31)12-16-8-9-21(18(13-16)24(27,28)29)30-23(32)22-19(25)6-3-7-20(22)26/h2-10,13H,11-12H2,1H3,(H,30,32). The molecule has 0 aliphatic rings. The molecule has 0 aliphatic heterocycles. The van der Waals surface area contributed by atoms with E-state index in [1.807, 2.05) is 24.4 Å². The molecule has 166 valence electrons. The first-order valence-electron chi connectivity index (χ1n) is 9.57. The largest absolute Gasteiger partial charge is 0.418 e. The van der Waals surface area contributed by atoms with Gasteiger partial charge in [-0.2, -0.15) is 13.2 Å². The third-order valence-corrected chi connectivity index (χ3v) is 4.71. The number of carbonyl (C=O) groups is 2. The fourth-order valence-electron chi connectivity index (χ4n) is 3.28. The van der Waals surface area contributed by atoms with Crippen molar-refractivity contribution in [1.29, 1.82) is 0 Å². The van der Waals surface area contributed by atoms with E-state index in [-0.39, 0.29) is 24.2 Å². The molecule has 0 aliphatic carbocycles. The van der Waals surface area contributed by atoms with Crippen LogP contribution in [0.3, 0.4) is 0 Å². The van der Waals surface area contributed by atoms with E-state index in [1.165, 1.54) is 6.07 Å². The van der Waals surface area contributed by atoms with Crippen LogP contribution in [0.1, 0.15) is 32.6 Å². The molecule has 0 bridgehead atoms. The molecule has 0 radical (unpaired) electrons.